The van der Waals surface area contributed by atoms with Gasteiger partial charge < -0.3 is 5.11 Å². The summed E-state index contributed by atoms with van der Waals surface area (Å²) in [6.07, 6.45) is 16.1. The molecular formula is C18H31NO4. The van der Waals surface area contributed by atoms with Gasteiger partial charge in [0.25, 0.3) is 0 Å². The maximum atomic E-state index is 11.0. The number of rotatable bonds is 15. The van der Waals surface area contributed by atoms with Crippen LogP contribution in [0.5, 0.6) is 0 Å². The topological polar surface area (TPSA) is 80.4 Å². The number of unbranched alkanes of at least 4 members (excludes halogenated alkanes) is 8. The van der Waals surface area contributed by atoms with E-state index in [9.17, 15) is 14.9 Å². The van der Waals surface area contributed by atoms with Gasteiger partial charge in [0.15, 0.2) is 0 Å². The van der Waals surface area contributed by atoms with Crippen molar-refractivity contribution in [2.45, 2.75) is 84.0 Å². The fourth-order valence-corrected chi connectivity index (χ4v) is 2.31. The zero-order valence-corrected chi connectivity index (χ0v) is 14.3. The normalized spacial score (nSPS) is 12.0. The number of hydrogen-bond donors (Lipinski definition) is 1. The Morgan fingerprint density at radius 3 is 2.22 bits per heavy atom. The summed E-state index contributed by atoms with van der Waals surface area (Å²) in [7, 11) is 0. The molecule has 0 aromatic rings. The smallest absolute Gasteiger partial charge is 0.303 e. The maximum Gasteiger partial charge on any atom is 0.303 e. The minimum absolute atomic E-state index is 0.211. The number of carbonyl (C=O) groups is 1. The second-order valence-electron chi connectivity index (χ2n) is 5.85. The van der Waals surface area contributed by atoms with Crippen LogP contribution in [-0.4, -0.2) is 16.0 Å². The van der Waals surface area contributed by atoms with Gasteiger partial charge in [-0.15, -0.1) is 0 Å². The van der Waals surface area contributed by atoms with E-state index >= 15 is 0 Å². The van der Waals surface area contributed by atoms with Crippen LogP contribution in [0.4, 0.5) is 0 Å². The van der Waals surface area contributed by atoms with E-state index in [1.807, 2.05) is 6.08 Å². The van der Waals surface area contributed by atoms with Gasteiger partial charge in [-0.2, -0.15) is 0 Å². The van der Waals surface area contributed by atoms with Gasteiger partial charge in [0.1, 0.15) is 0 Å². The quantitative estimate of drug-likeness (QED) is 0.187. The molecule has 0 spiro atoms. The first-order valence-electron chi connectivity index (χ1n) is 8.79. The Morgan fingerprint density at radius 1 is 1.00 bits per heavy atom. The molecule has 5 heteroatoms. The summed E-state index contributed by atoms with van der Waals surface area (Å²) in [5.74, 6) is -0.759. The van der Waals surface area contributed by atoms with Crippen molar-refractivity contribution in [2.75, 3.05) is 0 Å². The van der Waals surface area contributed by atoms with Crippen LogP contribution >= 0.6 is 0 Å². The summed E-state index contributed by atoms with van der Waals surface area (Å²) in [5, 5.41) is 19.5. The van der Waals surface area contributed by atoms with Crippen LogP contribution in [0.15, 0.2) is 23.9 Å². The second kappa shape index (κ2) is 15.3. The number of aliphatic carboxylic acids is 1. The average molecular weight is 325 g/mol. The van der Waals surface area contributed by atoms with Crippen LogP contribution < -0.4 is 0 Å². The van der Waals surface area contributed by atoms with E-state index in [1.54, 1.807) is 12.2 Å². The summed E-state index contributed by atoms with van der Waals surface area (Å²) >= 11 is 0. The van der Waals surface area contributed by atoms with Gasteiger partial charge in [-0.25, -0.2) is 0 Å². The monoisotopic (exact) mass is 325 g/mol. The minimum Gasteiger partial charge on any atom is -0.481 e. The van der Waals surface area contributed by atoms with Crippen molar-refractivity contribution < 1.29 is 14.8 Å². The van der Waals surface area contributed by atoms with Gasteiger partial charge in [0.05, 0.1) is 4.92 Å². The van der Waals surface area contributed by atoms with Gasteiger partial charge in [0.2, 0.25) is 5.70 Å². The second-order valence-corrected chi connectivity index (χ2v) is 5.85. The van der Waals surface area contributed by atoms with E-state index in [0.29, 0.717) is 12.8 Å². The molecule has 0 saturated carbocycles. The number of nitro groups is 1. The lowest BCUT2D eigenvalue weighted by molar-refractivity contribution is -0.428. The van der Waals surface area contributed by atoms with E-state index in [-0.39, 0.29) is 17.0 Å². The third-order valence-electron chi connectivity index (χ3n) is 3.71. The van der Waals surface area contributed by atoms with Gasteiger partial charge in [-0.05, 0) is 25.7 Å². The fraction of sp³-hybridized carbons (Fsp3) is 0.722. The summed E-state index contributed by atoms with van der Waals surface area (Å²) in [5.41, 5.74) is 0.264. The fourth-order valence-electron chi connectivity index (χ4n) is 2.31. The molecule has 1 N–H and O–H groups in total. The molecule has 0 aromatic heterocycles. The molecule has 5 nitrogen and oxygen atoms in total. The van der Waals surface area contributed by atoms with Crippen LogP contribution in [0.3, 0.4) is 0 Å². The molecule has 0 heterocycles. The number of carboxylic acids is 1. The van der Waals surface area contributed by atoms with Crippen molar-refractivity contribution in [1.82, 2.24) is 0 Å². The predicted octanol–water partition coefficient (Wildman–Crippen LogP) is 5.49. The number of carboxylic acid groups (broad SMARTS) is 1. The number of hydrogen-bond acceptors (Lipinski definition) is 3. The molecule has 0 aliphatic heterocycles. The zero-order chi connectivity index (χ0) is 17.3. The van der Waals surface area contributed by atoms with Crippen molar-refractivity contribution in [1.29, 1.82) is 0 Å². The third-order valence-corrected chi connectivity index (χ3v) is 3.71. The Morgan fingerprint density at radius 2 is 1.61 bits per heavy atom. The standard InChI is InChI=1S/C18H31NO4/c1-2-3-4-5-6-8-11-14-17(19(22)23)15-12-9-7-10-13-16-18(20)21/h8,11,14H,2-7,9-10,12-13,15-16H2,1H3,(H,20,21). The first-order valence-corrected chi connectivity index (χ1v) is 8.79. The van der Waals surface area contributed by atoms with Crippen molar-refractivity contribution in [3.63, 3.8) is 0 Å². The summed E-state index contributed by atoms with van der Waals surface area (Å²) in [4.78, 5) is 21.0. The van der Waals surface area contributed by atoms with Gasteiger partial charge >= 0.3 is 5.97 Å². The number of allylic oxidation sites excluding steroid dienone is 4. The summed E-state index contributed by atoms with van der Waals surface area (Å²) < 4.78 is 0. The highest BCUT2D eigenvalue weighted by Crippen LogP contribution is 2.13. The first-order chi connectivity index (χ1) is 11.1. The van der Waals surface area contributed by atoms with Crippen molar-refractivity contribution in [3.8, 4) is 0 Å². The van der Waals surface area contributed by atoms with Gasteiger partial charge in [0, 0.05) is 18.9 Å². The molecule has 0 fully saturated rings. The molecule has 0 aliphatic rings. The molecule has 23 heavy (non-hydrogen) atoms. The molecule has 0 aliphatic carbocycles. The number of nitrogens with zero attached hydrogens (tertiary/aromatic N) is 1. The van der Waals surface area contributed by atoms with Crippen molar-refractivity contribution in [3.05, 3.63) is 34.0 Å². The largest absolute Gasteiger partial charge is 0.481 e. The molecule has 0 aromatic carbocycles. The van der Waals surface area contributed by atoms with Crippen LogP contribution in [0, 0.1) is 10.1 Å². The van der Waals surface area contributed by atoms with E-state index in [0.717, 1.165) is 38.5 Å². The lowest BCUT2D eigenvalue weighted by atomic mass is 10.1. The SMILES string of the molecule is CCCCCCC=CC=C(CCCCCCCC(=O)O)[N+](=O)[O-]. The molecule has 0 radical (unpaired) electrons. The summed E-state index contributed by atoms with van der Waals surface area (Å²) in [6.45, 7) is 2.17. The lowest BCUT2D eigenvalue weighted by Crippen LogP contribution is -1.98. The molecule has 0 saturated heterocycles. The molecule has 0 rings (SSSR count). The molecule has 0 atom stereocenters. The minimum atomic E-state index is -0.759. The summed E-state index contributed by atoms with van der Waals surface area (Å²) in [6, 6.07) is 0. The van der Waals surface area contributed by atoms with Gasteiger partial charge in [-0.3, -0.25) is 14.9 Å². The highest BCUT2D eigenvalue weighted by atomic mass is 16.6. The third kappa shape index (κ3) is 15.0. The Bertz CT molecular complexity index is 388. The van der Waals surface area contributed by atoms with Crippen LogP contribution in [0.25, 0.3) is 0 Å². The molecular weight excluding hydrogens is 294 g/mol. The van der Waals surface area contributed by atoms with Crippen LogP contribution in [0.1, 0.15) is 84.0 Å². The molecule has 0 unspecified atom stereocenters. The molecule has 0 amide bonds. The van der Waals surface area contributed by atoms with Gasteiger partial charge in [-0.1, -0.05) is 57.6 Å². The molecule has 0 bridgehead atoms. The van der Waals surface area contributed by atoms with E-state index in [1.165, 1.54) is 19.3 Å². The Kier molecular flexibility index (Phi) is 14.2. The first kappa shape index (κ1) is 21.4. The maximum absolute atomic E-state index is 11.0. The van der Waals surface area contributed by atoms with E-state index < -0.39 is 5.97 Å². The lowest BCUT2D eigenvalue weighted by Gasteiger charge is -2.00. The van der Waals surface area contributed by atoms with Crippen LogP contribution in [-0.2, 0) is 4.79 Å². The van der Waals surface area contributed by atoms with Crippen molar-refractivity contribution >= 4 is 5.97 Å². The highest BCUT2D eigenvalue weighted by molar-refractivity contribution is 5.66. The van der Waals surface area contributed by atoms with Crippen LogP contribution in [0.2, 0.25) is 0 Å². The van der Waals surface area contributed by atoms with Crippen molar-refractivity contribution in [2.24, 2.45) is 0 Å². The highest BCUT2D eigenvalue weighted by Gasteiger charge is 2.08. The zero-order valence-electron chi connectivity index (χ0n) is 14.3. The van der Waals surface area contributed by atoms with E-state index in [4.69, 9.17) is 5.11 Å². The Balaban J connectivity index is 3.84. The average Bonchev–Trinajstić information content (AvgIpc) is 2.50. The Labute approximate surface area is 139 Å². The van der Waals surface area contributed by atoms with E-state index in [2.05, 4.69) is 6.92 Å². The predicted molar refractivity (Wildman–Crippen MR) is 92.9 cm³/mol. The Hall–Kier alpha value is -1.65. The molecule has 132 valence electrons.